The maximum absolute atomic E-state index is 12.1. The topological polar surface area (TPSA) is 26.0 Å². The Morgan fingerprint density at radius 2 is 1.54 bits per heavy atom. The van der Waals surface area contributed by atoms with Gasteiger partial charge in [-0.15, -0.1) is 12.4 Å². The summed E-state index contributed by atoms with van der Waals surface area (Å²) in [5.41, 5.74) is 5.38. The predicted molar refractivity (Wildman–Crippen MR) is 47.8 cm³/mol. The van der Waals surface area contributed by atoms with Gasteiger partial charge in [-0.2, -0.15) is 13.2 Å². The summed E-state index contributed by atoms with van der Waals surface area (Å²) in [4.78, 5) is 0. The van der Waals surface area contributed by atoms with Crippen molar-refractivity contribution < 1.29 is 13.2 Å². The van der Waals surface area contributed by atoms with Gasteiger partial charge >= 0.3 is 6.18 Å². The lowest BCUT2D eigenvalue weighted by Gasteiger charge is -2.28. The zero-order chi connectivity index (χ0) is 9.19. The second-order valence-electron chi connectivity index (χ2n) is 3.49. The Morgan fingerprint density at radius 3 is 1.85 bits per heavy atom. The molecule has 0 aromatic heterocycles. The standard InChI is InChI=1S/C8H14F3N.ClH/c9-8(10,11)7-3-1-6(5-12)2-4-7;/h6-7H,1-5,12H2;1H. The minimum Gasteiger partial charge on any atom is -0.330 e. The Morgan fingerprint density at radius 1 is 1.08 bits per heavy atom. The Bertz CT molecular complexity index is 141. The highest BCUT2D eigenvalue weighted by Gasteiger charge is 2.40. The third-order valence-corrected chi connectivity index (χ3v) is 2.64. The Labute approximate surface area is 82.3 Å². The molecule has 0 spiro atoms. The van der Waals surface area contributed by atoms with Crippen LogP contribution in [0, 0.1) is 11.8 Å². The molecule has 0 aromatic carbocycles. The van der Waals surface area contributed by atoms with E-state index in [-0.39, 0.29) is 25.2 Å². The van der Waals surface area contributed by atoms with Crippen molar-refractivity contribution in [2.75, 3.05) is 6.54 Å². The van der Waals surface area contributed by atoms with Gasteiger partial charge in [0.25, 0.3) is 0 Å². The molecule has 80 valence electrons. The molecule has 0 bridgehead atoms. The Kier molecular flexibility index (Phi) is 5.07. The zero-order valence-corrected chi connectivity index (χ0v) is 8.13. The van der Waals surface area contributed by atoms with Gasteiger partial charge in [0.2, 0.25) is 0 Å². The SMILES string of the molecule is Cl.NCC1CCC(C(F)(F)F)CC1. The van der Waals surface area contributed by atoms with Gasteiger partial charge in [-0.3, -0.25) is 0 Å². The van der Waals surface area contributed by atoms with Gasteiger partial charge in [-0.05, 0) is 38.1 Å². The summed E-state index contributed by atoms with van der Waals surface area (Å²) in [5, 5.41) is 0. The van der Waals surface area contributed by atoms with E-state index >= 15 is 0 Å². The molecule has 0 aliphatic heterocycles. The van der Waals surface area contributed by atoms with Crippen molar-refractivity contribution in [3.05, 3.63) is 0 Å². The zero-order valence-electron chi connectivity index (χ0n) is 7.31. The molecule has 1 nitrogen and oxygen atoms in total. The van der Waals surface area contributed by atoms with E-state index in [2.05, 4.69) is 0 Å². The molecule has 1 aliphatic rings. The third-order valence-electron chi connectivity index (χ3n) is 2.64. The van der Waals surface area contributed by atoms with Gasteiger partial charge in [-0.25, -0.2) is 0 Å². The summed E-state index contributed by atoms with van der Waals surface area (Å²) in [5.74, 6) is -0.746. The average Bonchev–Trinajstić information content (AvgIpc) is 2.03. The van der Waals surface area contributed by atoms with Crippen molar-refractivity contribution in [2.45, 2.75) is 31.9 Å². The molecule has 0 heterocycles. The van der Waals surface area contributed by atoms with E-state index in [1.54, 1.807) is 0 Å². The van der Waals surface area contributed by atoms with Crippen LogP contribution in [0.3, 0.4) is 0 Å². The van der Waals surface area contributed by atoms with E-state index in [4.69, 9.17) is 5.73 Å². The maximum atomic E-state index is 12.1. The fourth-order valence-electron chi connectivity index (χ4n) is 1.73. The lowest BCUT2D eigenvalue weighted by molar-refractivity contribution is -0.183. The number of alkyl halides is 3. The molecule has 1 saturated carbocycles. The molecular formula is C8H15ClF3N. The molecular weight excluding hydrogens is 203 g/mol. The van der Waals surface area contributed by atoms with E-state index < -0.39 is 12.1 Å². The van der Waals surface area contributed by atoms with Crippen LogP contribution in [0.15, 0.2) is 0 Å². The van der Waals surface area contributed by atoms with Crippen molar-refractivity contribution in [2.24, 2.45) is 17.6 Å². The molecule has 1 fully saturated rings. The molecule has 2 N–H and O–H groups in total. The van der Waals surface area contributed by atoms with Crippen LogP contribution in [0.1, 0.15) is 25.7 Å². The maximum Gasteiger partial charge on any atom is 0.391 e. The van der Waals surface area contributed by atoms with Gasteiger partial charge < -0.3 is 5.73 Å². The van der Waals surface area contributed by atoms with Crippen LogP contribution in [0.4, 0.5) is 13.2 Å². The molecule has 0 unspecified atom stereocenters. The smallest absolute Gasteiger partial charge is 0.330 e. The molecule has 0 radical (unpaired) electrons. The number of rotatable bonds is 1. The van der Waals surface area contributed by atoms with Crippen LogP contribution in [0.5, 0.6) is 0 Å². The van der Waals surface area contributed by atoms with Crippen molar-refractivity contribution in [1.29, 1.82) is 0 Å². The van der Waals surface area contributed by atoms with Crippen molar-refractivity contribution >= 4 is 12.4 Å². The first kappa shape index (κ1) is 13.0. The molecule has 1 aliphatic carbocycles. The first-order valence-corrected chi connectivity index (χ1v) is 4.31. The van der Waals surface area contributed by atoms with Crippen LogP contribution >= 0.6 is 12.4 Å². The monoisotopic (exact) mass is 217 g/mol. The fourth-order valence-corrected chi connectivity index (χ4v) is 1.73. The summed E-state index contributed by atoms with van der Waals surface area (Å²) >= 11 is 0. The normalized spacial score (nSPS) is 29.5. The van der Waals surface area contributed by atoms with Crippen LogP contribution in [0.2, 0.25) is 0 Å². The molecule has 1 rings (SSSR count). The second kappa shape index (κ2) is 5.05. The Balaban J connectivity index is 0.00000144. The second-order valence-corrected chi connectivity index (χ2v) is 3.49. The number of hydrogen-bond acceptors (Lipinski definition) is 1. The van der Waals surface area contributed by atoms with Gasteiger partial charge in [0.15, 0.2) is 0 Å². The van der Waals surface area contributed by atoms with Crippen LogP contribution in [-0.4, -0.2) is 12.7 Å². The molecule has 0 amide bonds. The van der Waals surface area contributed by atoms with E-state index in [0.717, 1.165) is 0 Å². The fraction of sp³-hybridized carbons (Fsp3) is 1.00. The lowest BCUT2D eigenvalue weighted by Crippen LogP contribution is -2.29. The van der Waals surface area contributed by atoms with Crippen molar-refractivity contribution in [3.8, 4) is 0 Å². The first-order valence-electron chi connectivity index (χ1n) is 4.31. The van der Waals surface area contributed by atoms with Crippen LogP contribution < -0.4 is 5.73 Å². The molecule has 0 aromatic rings. The van der Waals surface area contributed by atoms with Crippen molar-refractivity contribution in [3.63, 3.8) is 0 Å². The van der Waals surface area contributed by atoms with Crippen LogP contribution in [0.25, 0.3) is 0 Å². The number of halogens is 4. The van der Waals surface area contributed by atoms with E-state index in [0.29, 0.717) is 25.3 Å². The molecule has 13 heavy (non-hydrogen) atoms. The minimum atomic E-state index is -3.99. The van der Waals surface area contributed by atoms with Gasteiger partial charge in [-0.1, -0.05) is 0 Å². The van der Waals surface area contributed by atoms with Gasteiger partial charge in [0.1, 0.15) is 0 Å². The minimum absolute atomic E-state index is 0. The number of nitrogens with two attached hydrogens (primary N) is 1. The predicted octanol–water partition coefficient (Wildman–Crippen LogP) is 2.74. The average molecular weight is 218 g/mol. The van der Waals surface area contributed by atoms with E-state index in [9.17, 15) is 13.2 Å². The van der Waals surface area contributed by atoms with E-state index in [1.165, 1.54) is 0 Å². The van der Waals surface area contributed by atoms with Crippen molar-refractivity contribution in [1.82, 2.24) is 0 Å². The quantitative estimate of drug-likeness (QED) is 0.718. The summed E-state index contributed by atoms with van der Waals surface area (Å²) in [6.45, 7) is 0.532. The molecule has 5 heteroatoms. The Hall–Kier alpha value is 0.0400. The largest absolute Gasteiger partial charge is 0.391 e. The third kappa shape index (κ3) is 3.73. The summed E-state index contributed by atoms with van der Waals surface area (Å²) in [6.07, 6.45) is -2.17. The van der Waals surface area contributed by atoms with Crippen LogP contribution in [-0.2, 0) is 0 Å². The van der Waals surface area contributed by atoms with Gasteiger partial charge in [0.05, 0.1) is 5.92 Å². The highest BCUT2D eigenvalue weighted by atomic mass is 35.5. The summed E-state index contributed by atoms with van der Waals surface area (Å²) in [6, 6.07) is 0. The highest BCUT2D eigenvalue weighted by molar-refractivity contribution is 5.85. The first-order chi connectivity index (χ1) is 5.54. The lowest BCUT2D eigenvalue weighted by atomic mass is 9.82. The number of hydrogen-bond donors (Lipinski definition) is 1. The summed E-state index contributed by atoms with van der Waals surface area (Å²) in [7, 11) is 0. The molecule has 0 atom stereocenters. The molecule has 0 saturated heterocycles. The van der Waals surface area contributed by atoms with Gasteiger partial charge in [0, 0.05) is 0 Å². The van der Waals surface area contributed by atoms with E-state index in [1.807, 2.05) is 0 Å². The highest BCUT2D eigenvalue weighted by Crippen LogP contribution is 2.38. The summed E-state index contributed by atoms with van der Waals surface area (Å²) < 4.78 is 36.4.